The van der Waals surface area contributed by atoms with Gasteiger partial charge < -0.3 is 19.1 Å². The van der Waals surface area contributed by atoms with Crippen LogP contribution in [0.2, 0.25) is 0 Å². The van der Waals surface area contributed by atoms with Crippen molar-refractivity contribution in [3.05, 3.63) is 0 Å². The number of hydrogen-bond donors (Lipinski definition) is 0. The summed E-state index contributed by atoms with van der Waals surface area (Å²) in [7, 11) is 4.97. The fourth-order valence-electron chi connectivity index (χ4n) is 1.04. The topological polar surface area (TPSA) is 48.0 Å². The molecule has 0 aliphatic rings. The first-order valence-electron chi connectivity index (χ1n) is 5.05. The minimum absolute atomic E-state index is 0.0448. The summed E-state index contributed by atoms with van der Waals surface area (Å²) >= 11 is 3.42. The summed E-state index contributed by atoms with van der Waals surface area (Å²) in [5.41, 5.74) is 0. The SMILES string of the molecule is COCCOCC(=O)N(C)CC(Br)COC. The van der Waals surface area contributed by atoms with E-state index < -0.39 is 0 Å². The Bertz CT molecular complexity index is 192. The summed E-state index contributed by atoms with van der Waals surface area (Å²) in [6.07, 6.45) is 0. The molecule has 0 aromatic heterocycles. The van der Waals surface area contributed by atoms with Crippen LogP contribution >= 0.6 is 15.9 Å². The zero-order valence-corrected chi connectivity index (χ0v) is 11.7. The maximum atomic E-state index is 11.5. The molecule has 0 heterocycles. The van der Waals surface area contributed by atoms with Crippen LogP contribution in [0.3, 0.4) is 0 Å². The first-order chi connectivity index (χ1) is 7.61. The van der Waals surface area contributed by atoms with Crippen LogP contribution in [0.5, 0.6) is 0 Å². The Hall–Kier alpha value is -0.170. The highest BCUT2D eigenvalue weighted by molar-refractivity contribution is 9.09. The number of amides is 1. The third-order valence-corrected chi connectivity index (χ3v) is 2.46. The number of halogens is 1. The number of likely N-dealkylation sites (N-methyl/N-ethyl adjacent to an activating group) is 1. The minimum atomic E-state index is -0.0448. The molecule has 0 saturated carbocycles. The highest BCUT2D eigenvalue weighted by atomic mass is 79.9. The predicted molar refractivity (Wildman–Crippen MR) is 64.9 cm³/mol. The zero-order chi connectivity index (χ0) is 12.4. The Morgan fingerprint density at radius 2 is 2.00 bits per heavy atom. The molecule has 5 nitrogen and oxygen atoms in total. The van der Waals surface area contributed by atoms with E-state index in [1.807, 2.05) is 0 Å². The summed E-state index contributed by atoms with van der Waals surface area (Å²) in [4.78, 5) is 13.3. The Morgan fingerprint density at radius 1 is 1.31 bits per heavy atom. The van der Waals surface area contributed by atoms with Gasteiger partial charge in [-0.3, -0.25) is 4.79 Å². The van der Waals surface area contributed by atoms with E-state index in [1.165, 1.54) is 0 Å². The number of alkyl halides is 1. The number of hydrogen-bond acceptors (Lipinski definition) is 4. The van der Waals surface area contributed by atoms with E-state index in [4.69, 9.17) is 14.2 Å². The van der Waals surface area contributed by atoms with Gasteiger partial charge in [0.1, 0.15) is 6.61 Å². The molecule has 0 aromatic carbocycles. The second-order valence-corrected chi connectivity index (χ2v) is 4.67. The molecule has 0 aliphatic carbocycles. The van der Waals surface area contributed by atoms with Crippen molar-refractivity contribution in [1.29, 1.82) is 0 Å². The Morgan fingerprint density at radius 3 is 2.56 bits per heavy atom. The van der Waals surface area contributed by atoms with Gasteiger partial charge >= 0.3 is 0 Å². The highest BCUT2D eigenvalue weighted by Crippen LogP contribution is 2.02. The fraction of sp³-hybridized carbons (Fsp3) is 0.900. The molecule has 96 valence electrons. The van der Waals surface area contributed by atoms with Crippen LogP contribution in [0.15, 0.2) is 0 Å². The number of carbonyl (C=O) groups is 1. The predicted octanol–water partition coefficient (Wildman–Crippen LogP) is 0.518. The lowest BCUT2D eigenvalue weighted by molar-refractivity contribution is -0.135. The number of rotatable bonds is 9. The standard InChI is InChI=1S/C10H20BrNO4/c1-12(6-9(11)7-15-3)10(13)8-16-5-4-14-2/h9H,4-8H2,1-3H3. The smallest absolute Gasteiger partial charge is 0.248 e. The number of ether oxygens (including phenoxy) is 3. The Balaban J connectivity index is 3.64. The molecule has 0 fully saturated rings. The molecule has 1 amide bonds. The van der Waals surface area contributed by atoms with E-state index in [2.05, 4.69) is 15.9 Å². The lowest BCUT2D eigenvalue weighted by Gasteiger charge is -2.20. The van der Waals surface area contributed by atoms with Gasteiger partial charge in [-0.1, -0.05) is 15.9 Å². The van der Waals surface area contributed by atoms with E-state index in [1.54, 1.807) is 26.2 Å². The van der Waals surface area contributed by atoms with Gasteiger partial charge in [0.15, 0.2) is 0 Å². The molecular formula is C10H20BrNO4. The number of carbonyl (C=O) groups excluding carboxylic acids is 1. The van der Waals surface area contributed by atoms with Crippen LogP contribution < -0.4 is 0 Å². The third-order valence-electron chi connectivity index (χ3n) is 1.90. The zero-order valence-electron chi connectivity index (χ0n) is 10.1. The number of methoxy groups -OCH3 is 2. The van der Waals surface area contributed by atoms with Gasteiger partial charge in [0.25, 0.3) is 0 Å². The van der Waals surface area contributed by atoms with Gasteiger partial charge in [0.05, 0.1) is 24.6 Å². The maximum Gasteiger partial charge on any atom is 0.248 e. The van der Waals surface area contributed by atoms with Gasteiger partial charge in [0.2, 0.25) is 5.91 Å². The van der Waals surface area contributed by atoms with Crippen LogP contribution in [-0.4, -0.2) is 69.9 Å². The molecule has 16 heavy (non-hydrogen) atoms. The molecule has 1 unspecified atom stereocenters. The van der Waals surface area contributed by atoms with Crippen molar-refractivity contribution < 1.29 is 19.0 Å². The van der Waals surface area contributed by atoms with E-state index in [0.29, 0.717) is 26.4 Å². The molecule has 0 bridgehead atoms. The van der Waals surface area contributed by atoms with Crippen molar-refractivity contribution in [2.45, 2.75) is 4.83 Å². The van der Waals surface area contributed by atoms with Gasteiger partial charge in [0, 0.05) is 27.8 Å². The maximum absolute atomic E-state index is 11.5. The first-order valence-corrected chi connectivity index (χ1v) is 5.97. The summed E-state index contributed by atoms with van der Waals surface area (Å²) in [5, 5.41) is 0. The van der Waals surface area contributed by atoms with Crippen molar-refractivity contribution in [3.63, 3.8) is 0 Å². The van der Waals surface area contributed by atoms with Crippen molar-refractivity contribution in [1.82, 2.24) is 4.90 Å². The molecule has 0 spiro atoms. The van der Waals surface area contributed by atoms with Crippen molar-refractivity contribution in [3.8, 4) is 0 Å². The van der Waals surface area contributed by atoms with Crippen LogP contribution in [0.4, 0.5) is 0 Å². The molecule has 0 saturated heterocycles. The summed E-state index contributed by atoms with van der Waals surface area (Å²) in [5.74, 6) is -0.0448. The minimum Gasteiger partial charge on any atom is -0.383 e. The van der Waals surface area contributed by atoms with E-state index in [0.717, 1.165) is 0 Å². The molecule has 1 atom stereocenters. The first kappa shape index (κ1) is 15.8. The molecule has 6 heteroatoms. The molecule has 0 aromatic rings. The highest BCUT2D eigenvalue weighted by Gasteiger charge is 2.13. The largest absolute Gasteiger partial charge is 0.383 e. The van der Waals surface area contributed by atoms with Crippen LogP contribution in [0.25, 0.3) is 0 Å². The summed E-state index contributed by atoms with van der Waals surface area (Å²) in [6, 6.07) is 0. The second-order valence-electron chi connectivity index (χ2n) is 3.37. The van der Waals surface area contributed by atoms with Crippen LogP contribution in [-0.2, 0) is 19.0 Å². The second kappa shape index (κ2) is 10.0. The lowest BCUT2D eigenvalue weighted by Crippen LogP contribution is -2.36. The molecule has 0 rings (SSSR count). The van der Waals surface area contributed by atoms with Crippen molar-refractivity contribution >= 4 is 21.8 Å². The van der Waals surface area contributed by atoms with E-state index in [9.17, 15) is 4.79 Å². The van der Waals surface area contributed by atoms with Gasteiger partial charge in [-0.05, 0) is 0 Å². The van der Waals surface area contributed by atoms with Gasteiger partial charge in [-0.2, -0.15) is 0 Å². The number of nitrogens with zero attached hydrogens (tertiary/aromatic N) is 1. The molecule has 0 aliphatic heterocycles. The monoisotopic (exact) mass is 297 g/mol. The summed E-state index contributed by atoms with van der Waals surface area (Å²) in [6.45, 7) is 2.20. The molecule has 0 N–H and O–H groups in total. The van der Waals surface area contributed by atoms with Gasteiger partial charge in [-0.25, -0.2) is 0 Å². The van der Waals surface area contributed by atoms with Gasteiger partial charge in [-0.15, -0.1) is 0 Å². The normalized spacial score (nSPS) is 12.5. The van der Waals surface area contributed by atoms with E-state index >= 15 is 0 Å². The average molecular weight is 298 g/mol. The quantitative estimate of drug-likeness (QED) is 0.460. The van der Waals surface area contributed by atoms with Crippen molar-refractivity contribution in [2.24, 2.45) is 0 Å². The van der Waals surface area contributed by atoms with Crippen LogP contribution in [0.1, 0.15) is 0 Å². The average Bonchev–Trinajstić information content (AvgIpc) is 2.24. The molecule has 0 radical (unpaired) electrons. The third kappa shape index (κ3) is 8.04. The fourth-order valence-corrected chi connectivity index (χ4v) is 1.74. The molecular weight excluding hydrogens is 278 g/mol. The van der Waals surface area contributed by atoms with Crippen molar-refractivity contribution in [2.75, 3.05) is 54.2 Å². The summed E-state index contributed by atoms with van der Waals surface area (Å²) < 4.78 is 14.9. The lowest BCUT2D eigenvalue weighted by atomic mass is 10.4. The van der Waals surface area contributed by atoms with Crippen LogP contribution in [0, 0.1) is 0 Å². The van der Waals surface area contributed by atoms with E-state index in [-0.39, 0.29) is 17.3 Å². The Labute approximate surface area is 105 Å². The Kier molecular flexibility index (Phi) is 9.91.